The standard InChI is InChI=1S/C18H23N7S/c1-15(25-10-4-7-22-25)13-17(23-18(19)16-5-2-12-26-16)21-6-3-9-24-11-8-20-14-24/h2,4-5,7,10,12-14,21H,1,3,6,8-9,11H2,(H2,19,23)/b17-13-. The molecule has 3 heterocycles. The van der Waals surface area contributed by atoms with E-state index in [2.05, 4.69) is 31.9 Å². The van der Waals surface area contributed by atoms with Crippen molar-refractivity contribution < 1.29 is 0 Å². The number of amidine groups is 1. The Kier molecular flexibility index (Phi) is 6.21. The first-order chi connectivity index (χ1) is 12.7. The first-order valence-electron chi connectivity index (χ1n) is 8.49. The van der Waals surface area contributed by atoms with Gasteiger partial charge in [0.2, 0.25) is 0 Å². The second kappa shape index (κ2) is 9.00. The summed E-state index contributed by atoms with van der Waals surface area (Å²) in [6.45, 7) is 7.69. The normalized spacial score (nSPS) is 14.8. The summed E-state index contributed by atoms with van der Waals surface area (Å²) in [5, 5.41) is 9.53. The first-order valence-corrected chi connectivity index (χ1v) is 9.37. The fourth-order valence-corrected chi connectivity index (χ4v) is 3.11. The Labute approximate surface area is 157 Å². The molecule has 3 N–H and O–H groups in total. The van der Waals surface area contributed by atoms with Crippen molar-refractivity contribution in [3.8, 4) is 0 Å². The second-order valence-corrected chi connectivity index (χ2v) is 6.73. The molecule has 8 heteroatoms. The molecule has 0 aliphatic carbocycles. The molecule has 0 bridgehead atoms. The minimum atomic E-state index is 0.485. The molecular weight excluding hydrogens is 346 g/mol. The molecular formula is C18H23N7S. The van der Waals surface area contributed by atoms with Crippen LogP contribution in [0, 0.1) is 0 Å². The van der Waals surface area contributed by atoms with Gasteiger partial charge >= 0.3 is 0 Å². The molecule has 136 valence electrons. The van der Waals surface area contributed by atoms with E-state index in [0.717, 1.165) is 37.5 Å². The molecule has 1 aliphatic heterocycles. The summed E-state index contributed by atoms with van der Waals surface area (Å²) < 4.78 is 1.69. The van der Waals surface area contributed by atoms with E-state index >= 15 is 0 Å². The van der Waals surface area contributed by atoms with Gasteiger partial charge in [-0.05, 0) is 23.9 Å². The van der Waals surface area contributed by atoms with Crippen LogP contribution in [0.1, 0.15) is 11.3 Å². The Bertz CT molecular complexity index is 788. The molecule has 2 aromatic heterocycles. The van der Waals surface area contributed by atoms with Gasteiger partial charge in [0.15, 0.2) is 0 Å². The molecule has 3 rings (SSSR count). The van der Waals surface area contributed by atoms with E-state index in [0.29, 0.717) is 17.4 Å². The molecule has 26 heavy (non-hydrogen) atoms. The predicted octanol–water partition coefficient (Wildman–Crippen LogP) is 1.99. The fourth-order valence-electron chi connectivity index (χ4n) is 2.48. The summed E-state index contributed by atoms with van der Waals surface area (Å²) >= 11 is 1.56. The highest BCUT2D eigenvalue weighted by Gasteiger charge is 2.06. The lowest BCUT2D eigenvalue weighted by Crippen LogP contribution is -2.25. The Morgan fingerprint density at radius 1 is 1.46 bits per heavy atom. The van der Waals surface area contributed by atoms with E-state index < -0.39 is 0 Å². The van der Waals surface area contributed by atoms with E-state index in [1.54, 1.807) is 22.2 Å². The third-order valence-electron chi connectivity index (χ3n) is 3.81. The number of thiophene rings is 1. The number of rotatable bonds is 9. The number of nitrogens with two attached hydrogens (primary N) is 1. The van der Waals surface area contributed by atoms with Crippen LogP contribution in [0.3, 0.4) is 0 Å². The van der Waals surface area contributed by atoms with Gasteiger partial charge in [0, 0.05) is 38.1 Å². The van der Waals surface area contributed by atoms with Crippen molar-refractivity contribution in [3.63, 3.8) is 0 Å². The van der Waals surface area contributed by atoms with Gasteiger partial charge in [0.1, 0.15) is 11.7 Å². The highest BCUT2D eigenvalue weighted by molar-refractivity contribution is 7.12. The maximum Gasteiger partial charge on any atom is 0.143 e. The lowest BCUT2D eigenvalue weighted by molar-refractivity contribution is 0.451. The number of nitrogens with zero attached hydrogens (tertiary/aromatic N) is 5. The molecule has 0 saturated carbocycles. The summed E-state index contributed by atoms with van der Waals surface area (Å²) in [5.74, 6) is 1.16. The van der Waals surface area contributed by atoms with Gasteiger partial charge in [-0.15, -0.1) is 11.3 Å². The maximum atomic E-state index is 6.14. The van der Waals surface area contributed by atoms with Crippen LogP contribution in [-0.4, -0.2) is 53.0 Å². The molecule has 1 aliphatic rings. The molecule has 0 saturated heterocycles. The van der Waals surface area contributed by atoms with Crippen LogP contribution in [-0.2, 0) is 0 Å². The molecule has 0 fully saturated rings. The van der Waals surface area contributed by atoms with Gasteiger partial charge in [-0.3, -0.25) is 4.99 Å². The summed E-state index contributed by atoms with van der Waals surface area (Å²) in [6, 6.07) is 5.77. The van der Waals surface area contributed by atoms with Crippen LogP contribution in [0.15, 0.2) is 64.4 Å². The molecule has 0 amide bonds. The van der Waals surface area contributed by atoms with Crippen LogP contribution >= 0.6 is 11.3 Å². The molecule has 0 atom stereocenters. The van der Waals surface area contributed by atoms with E-state index in [1.807, 2.05) is 42.2 Å². The third kappa shape index (κ3) is 5.06. The molecule has 0 unspecified atom stereocenters. The Hall–Kier alpha value is -2.87. The molecule has 0 spiro atoms. The van der Waals surface area contributed by atoms with Crippen LogP contribution in [0.2, 0.25) is 0 Å². The average molecular weight is 369 g/mol. The highest BCUT2D eigenvalue weighted by Crippen LogP contribution is 2.11. The van der Waals surface area contributed by atoms with Crippen molar-refractivity contribution in [1.82, 2.24) is 20.0 Å². The van der Waals surface area contributed by atoms with Crippen molar-refractivity contribution >= 4 is 29.2 Å². The number of hydrogen-bond donors (Lipinski definition) is 2. The second-order valence-electron chi connectivity index (χ2n) is 5.78. The van der Waals surface area contributed by atoms with E-state index in [1.165, 1.54) is 0 Å². The highest BCUT2D eigenvalue weighted by atomic mass is 32.1. The number of nitrogens with one attached hydrogen (secondary N) is 1. The minimum absolute atomic E-state index is 0.485. The van der Waals surface area contributed by atoms with Gasteiger partial charge in [-0.1, -0.05) is 12.6 Å². The lowest BCUT2D eigenvalue weighted by Gasteiger charge is -2.14. The third-order valence-corrected chi connectivity index (χ3v) is 4.70. The van der Waals surface area contributed by atoms with Gasteiger partial charge in [0.25, 0.3) is 0 Å². The Morgan fingerprint density at radius 3 is 3.08 bits per heavy atom. The monoisotopic (exact) mass is 369 g/mol. The van der Waals surface area contributed by atoms with Gasteiger partial charge in [-0.2, -0.15) is 5.10 Å². The number of allylic oxidation sites excluding steroid dienone is 2. The Balaban J connectivity index is 1.65. The molecule has 0 aromatic carbocycles. The van der Waals surface area contributed by atoms with Crippen LogP contribution in [0.5, 0.6) is 0 Å². The van der Waals surface area contributed by atoms with Gasteiger partial charge in [-0.25, -0.2) is 9.67 Å². The number of aliphatic imine (C=N–C) groups is 2. The van der Waals surface area contributed by atoms with Crippen molar-refractivity contribution in [2.75, 3.05) is 26.2 Å². The maximum absolute atomic E-state index is 6.14. The number of hydrogen-bond acceptors (Lipinski definition) is 6. The average Bonchev–Trinajstić information content (AvgIpc) is 3.41. The predicted molar refractivity (Wildman–Crippen MR) is 108 cm³/mol. The number of aromatic nitrogens is 2. The lowest BCUT2D eigenvalue weighted by atomic mass is 10.3. The Morgan fingerprint density at radius 2 is 2.38 bits per heavy atom. The van der Waals surface area contributed by atoms with E-state index in [9.17, 15) is 0 Å². The largest absolute Gasteiger partial charge is 0.382 e. The van der Waals surface area contributed by atoms with E-state index in [-0.39, 0.29) is 0 Å². The smallest absolute Gasteiger partial charge is 0.143 e. The summed E-state index contributed by atoms with van der Waals surface area (Å²) in [6.07, 6.45) is 8.31. The van der Waals surface area contributed by atoms with Gasteiger partial charge in [0.05, 0.1) is 23.5 Å². The topological polar surface area (TPSA) is 83.8 Å². The van der Waals surface area contributed by atoms with Crippen LogP contribution < -0.4 is 11.1 Å². The summed E-state index contributed by atoms with van der Waals surface area (Å²) in [4.78, 5) is 11.9. The summed E-state index contributed by atoms with van der Waals surface area (Å²) in [7, 11) is 0. The van der Waals surface area contributed by atoms with Crippen molar-refractivity contribution in [3.05, 3.63) is 59.3 Å². The van der Waals surface area contributed by atoms with Crippen molar-refractivity contribution in [2.24, 2.45) is 15.7 Å². The molecule has 0 radical (unpaired) electrons. The zero-order valence-corrected chi connectivity index (χ0v) is 15.4. The van der Waals surface area contributed by atoms with Crippen molar-refractivity contribution in [2.45, 2.75) is 6.42 Å². The zero-order valence-electron chi connectivity index (χ0n) is 14.6. The van der Waals surface area contributed by atoms with E-state index in [4.69, 9.17) is 5.73 Å². The quantitative estimate of drug-likeness (QED) is 0.306. The minimum Gasteiger partial charge on any atom is -0.382 e. The first kappa shape index (κ1) is 17.9. The molecule has 7 nitrogen and oxygen atoms in total. The van der Waals surface area contributed by atoms with Crippen LogP contribution in [0.25, 0.3) is 5.70 Å². The van der Waals surface area contributed by atoms with Gasteiger partial charge < -0.3 is 16.0 Å². The zero-order chi connectivity index (χ0) is 18.2. The fraction of sp³-hybridized carbons (Fsp3) is 0.278. The summed E-state index contributed by atoms with van der Waals surface area (Å²) in [5.41, 5.74) is 6.86. The molecule has 2 aromatic rings. The van der Waals surface area contributed by atoms with Crippen molar-refractivity contribution in [1.29, 1.82) is 0 Å². The van der Waals surface area contributed by atoms with Crippen LogP contribution in [0.4, 0.5) is 0 Å². The SMILES string of the molecule is C=C(/C=C(\N=C(N)c1cccs1)NCCCN1C=NCC1)n1cccn1.